The first-order chi connectivity index (χ1) is 24.0. The van der Waals surface area contributed by atoms with Crippen LogP contribution in [0.4, 0.5) is 0 Å². The molecule has 2 heteroatoms. The van der Waals surface area contributed by atoms with Gasteiger partial charge in [0.2, 0.25) is 0 Å². The van der Waals surface area contributed by atoms with Crippen molar-refractivity contribution < 1.29 is 4.79 Å². The third kappa shape index (κ3) is 3.98. The Morgan fingerprint density at radius 2 is 1.14 bits per heavy atom. The summed E-state index contributed by atoms with van der Waals surface area (Å²) >= 11 is 0. The van der Waals surface area contributed by atoms with Gasteiger partial charge in [-0.2, -0.15) is 0 Å². The third-order valence-corrected chi connectivity index (χ3v) is 11.0. The summed E-state index contributed by atoms with van der Waals surface area (Å²) in [7, 11) is 0. The van der Waals surface area contributed by atoms with Gasteiger partial charge in [-0.15, -0.1) is 0 Å². The zero-order valence-electron chi connectivity index (χ0n) is 27.5. The minimum atomic E-state index is -0.163. The van der Waals surface area contributed by atoms with Crippen LogP contribution in [0.1, 0.15) is 52.0 Å². The average molecular weight is 628 g/mol. The smallest absolute Gasteiger partial charge is 0.193 e. The monoisotopic (exact) mass is 627 g/mol. The topological polar surface area (TPSA) is 22.0 Å². The quantitative estimate of drug-likeness (QED) is 0.191. The molecule has 7 aromatic carbocycles. The molecule has 0 spiro atoms. The van der Waals surface area contributed by atoms with Gasteiger partial charge in [-0.1, -0.05) is 153 Å². The molecule has 0 aliphatic heterocycles. The van der Waals surface area contributed by atoms with Crippen molar-refractivity contribution in [1.29, 1.82) is 0 Å². The number of hydrogen-bond donors (Lipinski definition) is 0. The Labute approximate surface area is 285 Å². The fourth-order valence-electron chi connectivity index (χ4n) is 8.71. The van der Waals surface area contributed by atoms with Crippen LogP contribution in [0.5, 0.6) is 0 Å². The molecular formula is C47H33NO. The lowest BCUT2D eigenvalue weighted by molar-refractivity contribution is 0.103. The molecule has 1 heterocycles. The molecule has 232 valence electrons. The molecule has 2 nitrogen and oxygen atoms in total. The standard InChI is InChI=1S/C47H33NO/c1-47(2)42-18-9-8-15-38(42)39-25-26-41-40-17-10-16-35(30-11-4-3-5-12-30)44(40)48(45(41)43(39)47)34-22-19-29(20-23-34)31-21-24-37-33(27-31)28-32-13-6-7-14-36(32)46(37)49/h3-27H,28H2,1-2H3. The number of carbonyl (C=O) groups excluding carboxylic acids is 1. The predicted molar refractivity (Wildman–Crippen MR) is 202 cm³/mol. The van der Waals surface area contributed by atoms with Crippen molar-refractivity contribution in [3.05, 3.63) is 185 Å². The summed E-state index contributed by atoms with van der Waals surface area (Å²) in [6, 6.07) is 54.4. The number of benzene rings is 7. The molecule has 10 rings (SSSR count). The predicted octanol–water partition coefficient (Wildman–Crippen LogP) is 11.6. The number of rotatable bonds is 3. The molecule has 2 aliphatic rings. The largest absolute Gasteiger partial charge is 0.308 e. The number of ketones is 1. The molecule has 1 aromatic heterocycles. The van der Waals surface area contributed by atoms with Crippen LogP contribution in [0.2, 0.25) is 0 Å². The zero-order valence-corrected chi connectivity index (χ0v) is 27.5. The van der Waals surface area contributed by atoms with Gasteiger partial charge in [0.1, 0.15) is 0 Å². The molecule has 49 heavy (non-hydrogen) atoms. The molecule has 0 unspecified atom stereocenters. The van der Waals surface area contributed by atoms with Crippen molar-refractivity contribution in [3.63, 3.8) is 0 Å². The van der Waals surface area contributed by atoms with E-state index in [1.165, 1.54) is 55.2 Å². The fourth-order valence-corrected chi connectivity index (χ4v) is 8.71. The van der Waals surface area contributed by atoms with Crippen LogP contribution in [0, 0.1) is 0 Å². The maximum Gasteiger partial charge on any atom is 0.193 e. The normalized spacial score (nSPS) is 14.0. The van der Waals surface area contributed by atoms with E-state index in [-0.39, 0.29) is 11.2 Å². The molecule has 0 N–H and O–H groups in total. The van der Waals surface area contributed by atoms with Crippen molar-refractivity contribution in [2.75, 3.05) is 0 Å². The Morgan fingerprint density at radius 1 is 0.490 bits per heavy atom. The summed E-state index contributed by atoms with van der Waals surface area (Å²) in [5, 5.41) is 2.53. The van der Waals surface area contributed by atoms with E-state index in [1.54, 1.807) is 0 Å². The van der Waals surface area contributed by atoms with Gasteiger partial charge >= 0.3 is 0 Å². The SMILES string of the molecule is CC1(C)c2ccccc2-c2ccc3c4cccc(-c5ccccc5)c4n(-c4ccc(-c5ccc6c(c5)Cc5ccccc5C6=O)cc4)c3c21. The van der Waals surface area contributed by atoms with Gasteiger partial charge in [0, 0.05) is 38.6 Å². The van der Waals surface area contributed by atoms with E-state index in [9.17, 15) is 4.79 Å². The van der Waals surface area contributed by atoms with Gasteiger partial charge in [-0.3, -0.25) is 4.79 Å². The van der Waals surface area contributed by atoms with E-state index in [1.807, 2.05) is 24.3 Å². The second-order valence-corrected chi connectivity index (χ2v) is 14.0. The van der Waals surface area contributed by atoms with Crippen molar-refractivity contribution in [2.24, 2.45) is 0 Å². The van der Waals surface area contributed by atoms with Gasteiger partial charge in [0.05, 0.1) is 11.0 Å². The lowest BCUT2D eigenvalue weighted by atomic mass is 9.81. The van der Waals surface area contributed by atoms with Gasteiger partial charge in [-0.25, -0.2) is 0 Å². The highest BCUT2D eigenvalue weighted by atomic mass is 16.1. The Bertz CT molecular complexity index is 2660. The summed E-state index contributed by atoms with van der Waals surface area (Å²) < 4.78 is 2.52. The van der Waals surface area contributed by atoms with Crippen molar-refractivity contribution >= 4 is 27.6 Å². The van der Waals surface area contributed by atoms with Gasteiger partial charge < -0.3 is 4.57 Å². The maximum absolute atomic E-state index is 13.3. The lowest BCUT2D eigenvalue weighted by Gasteiger charge is -2.24. The Morgan fingerprint density at radius 3 is 1.98 bits per heavy atom. The number of hydrogen-bond acceptors (Lipinski definition) is 1. The molecule has 0 saturated heterocycles. The molecule has 8 aromatic rings. The summed E-state index contributed by atoms with van der Waals surface area (Å²) in [5.41, 5.74) is 17.4. The van der Waals surface area contributed by atoms with Crippen LogP contribution in [0.15, 0.2) is 152 Å². The van der Waals surface area contributed by atoms with Crippen LogP contribution in [0.25, 0.3) is 60.9 Å². The Hall–Kier alpha value is -5.99. The first-order valence-corrected chi connectivity index (χ1v) is 17.1. The van der Waals surface area contributed by atoms with E-state index in [4.69, 9.17) is 0 Å². The van der Waals surface area contributed by atoms with Crippen molar-refractivity contribution in [1.82, 2.24) is 4.57 Å². The number of fused-ring (bicyclic) bond motifs is 9. The van der Waals surface area contributed by atoms with Gasteiger partial charge in [-0.05, 0) is 68.6 Å². The lowest BCUT2D eigenvalue weighted by Crippen LogP contribution is -2.16. The van der Waals surface area contributed by atoms with Crippen LogP contribution >= 0.6 is 0 Å². The van der Waals surface area contributed by atoms with E-state index < -0.39 is 0 Å². The number of aromatic nitrogens is 1. The van der Waals surface area contributed by atoms with Crippen LogP contribution in [-0.4, -0.2) is 10.4 Å². The van der Waals surface area contributed by atoms with Crippen molar-refractivity contribution in [3.8, 4) is 39.1 Å². The molecule has 0 fully saturated rings. The highest BCUT2D eigenvalue weighted by molar-refractivity contribution is 6.17. The molecule has 0 radical (unpaired) electrons. The van der Waals surface area contributed by atoms with Crippen molar-refractivity contribution in [2.45, 2.75) is 25.7 Å². The highest BCUT2D eigenvalue weighted by Crippen LogP contribution is 2.53. The Balaban J connectivity index is 1.19. The second-order valence-electron chi connectivity index (χ2n) is 14.0. The summed E-state index contributed by atoms with van der Waals surface area (Å²) in [6.07, 6.45) is 0.774. The first-order valence-electron chi connectivity index (χ1n) is 17.1. The zero-order chi connectivity index (χ0) is 32.9. The van der Waals surface area contributed by atoms with E-state index in [2.05, 4.69) is 146 Å². The molecule has 0 atom stereocenters. The summed E-state index contributed by atoms with van der Waals surface area (Å²) in [5.74, 6) is 0.122. The maximum atomic E-state index is 13.3. The fraction of sp³-hybridized carbons (Fsp3) is 0.0851. The van der Waals surface area contributed by atoms with E-state index in [0.29, 0.717) is 0 Å². The Kier molecular flexibility index (Phi) is 5.87. The summed E-state index contributed by atoms with van der Waals surface area (Å²) in [6.45, 7) is 4.75. The second kappa shape index (κ2) is 10.3. The first kappa shape index (κ1) is 28.1. The van der Waals surface area contributed by atoms with Crippen LogP contribution < -0.4 is 0 Å². The molecule has 0 amide bonds. The van der Waals surface area contributed by atoms with Gasteiger partial charge in [0.15, 0.2) is 5.78 Å². The number of para-hydroxylation sites is 1. The molecular weight excluding hydrogens is 595 g/mol. The van der Waals surface area contributed by atoms with Gasteiger partial charge in [0.25, 0.3) is 0 Å². The van der Waals surface area contributed by atoms with Crippen LogP contribution in [-0.2, 0) is 11.8 Å². The minimum Gasteiger partial charge on any atom is -0.308 e. The minimum absolute atomic E-state index is 0.122. The molecule has 0 bridgehead atoms. The molecule has 0 saturated carbocycles. The number of carbonyl (C=O) groups is 1. The van der Waals surface area contributed by atoms with E-state index >= 15 is 0 Å². The highest BCUT2D eigenvalue weighted by Gasteiger charge is 2.38. The summed E-state index contributed by atoms with van der Waals surface area (Å²) in [4.78, 5) is 13.3. The van der Waals surface area contributed by atoms with Crippen LogP contribution in [0.3, 0.4) is 0 Å². The van der Waals surface area contributed by atoms with E-state index in [0.717, 1.165) is 45.5 Å². The molecule has 2 aliphatic carbocycles. The number of nitrogens with zero attached hydrogens (tertiary/aromatic N) is 1. The third-order valence-electron chi connectivity index (χ3n) is 11.0. The average Bonchev–Trinajstić information content (AvgIpc) is 3.61.